The summed E-state index contributed by atoms with van der Waals surface area (Å²) >= 11 is 0. The van der Waals surface area contributed by atoms with E-state index in [9.17, 15) is 0 Å². The molecule has 0 unspecified atom stereocenters. The average Bonchev–Trinajstić information content (AvgIpc) is 2.50. The molecule has 0 amide bonds. The van der Waals surface area contributed by atoms with Gasteiger partial charge in [0.1, 0.15) is 5.75 Å². The predicted molar refractivity (Wildman–Crippen MR) is 83.9 cm³/mol. The minimum absolute atomic E-state index is 0.611. The first-order valence-electron chi connectivity index (χ1n) is 7.37. The van der Waals surface area contributed by atoms with Crippen LogP contribution in [0.3, 0.4) is 0 Å². The molecule has 0 atom stereocenters. The van der Waals surface area contributed by atoms with Crippen molar-refractivity contribution in [1.29, 1.82) is 0 Å². The molecule has 21 heavy (non-hydrogen) atoms. The highest BCUT2D eigenvalue weighted by Gasteiger charge is 2.06. The molecular weight excluding hydrogens is 264 g/mol. The molecule has 0 saturated heterocycles. The monoisotopic (exact) mass is 286 g/mol. The Kier molecular flexibility index (Phi) is 6.03. The highest BCUT2D eigenvalue weighted by molar-refractivity contribution is 5.42. The summed E-state index contributed by atoms with van der Waals surface area (Å²) in [6, 6.07) is 9.66. The van der Waals surface area contributed by atoms with E-state index in [0.717, 1.165) is 36.6 Å². The first-order chi connectivity index (χ1) is 10.3. The van der Waals surface area contributed by atoms with Gasteiger partial charge in [-0.05, 0) is 43.7 Å². The van der Waals surface area contributed by atoms with Gasteiger partial charge in [0.2, 0.25) is 0 Å². The van der Waals surface area contributed by atoms with Crippen LogP contribution in [0.4, 0.5) is 0 Å². The van der Waals surface area contributed by atoms with Gasteiger partial charge in [-0.3, -0.25) is 4.98 Å². The number of rotatable bonds is 8. The van der Waals surface area contributed by atoms with Crippen LogP contribution in [0.1, 0.15) is 25.8 Å². The van der Waals surface area contributed by atoms with Crippen LogP contribution < -0.4 is 14.8 Å². The molecule has 4 heteroatoms. The Morgan fingerprint density at radius 2 is 1.90 bits per heavy atom. The van der Waals surface area contributed by atoms with Crippen LogP contribution in [0.25, 0.3) is 0 Å². The summed E-state index contributed by atoms with van der Waals surface area (Å²) in [5, 5.41) is 3.35. The van der Waals surface area contributed by atoms with E-state index in [1.165, 1.54) is 0 Å². The summed E-state index contributed by atoms with van der Waals surface area (Å²) < 4.78 is 11.5. The van der Waals surface area contributed by atoms with Crippen molar-refractivity contribution in [3.63, 3.8) is 0 Å². The second-order valence-corrected chi connectivity index (χ2v) is 4.69. The smallest absolute Gasteiger partial charge is 0.169 e. The van der Waals surface area contributed by atoms with Crippen LogP contribution in [0, 0.1) is 0 Å². The molecule has 0 aliphatic rings. The van der Waals surface area contributed by atoms with Crippen LogP contribution in [0.15, 0.2) is 42.7 Å². The Bertz CT molecular complexity index is 558. The van der Waals surface area contributed by atoms with Gasteiger partial charge in [-0.25, -0.2) is 0 Å². The Hall–Kier alpha value is -2.07. The second kappa shape index (κ2) is 8.27. The van der Waals surface area contributed by atoms with Crippen molar-refractivity contribution in [3.8, 4) is 17.2 Å². The molecule has 0 saturated carbocycles. The lowest BCUT2D eigenvalue weighted by molar-refractivity contribution is 0.321. The van der Waals surface area contributed by atoms with Gasteiger partial charge in [0.05, 0.1) is 12.8 Å². The molecular formula is C17H22N2O2. The van der Waals surface area contributed by atoms with E-state index in [4.69, 9.17) is 9.47 Å². The van der Waals surface area contributed by atoms with E-state index in [1.807, 2.05) is 43.5 Å². The van der Waals surface area contributed by atoms with Gasteiger partial charge in [-0.1, -0.05) is 19.1 Å². The predicted octanol–water partition coefficient (Wildman–Crippen LogP) is 3.77. The number of pyridine rings is 1. The number of ether oxygens (including phenoxy) is 2. The van der Waals surface area contributed by atoms with Crippen molar-refractivity contribution in [2.45, 2.75) is 26.8 Å². The molecule has 0 aliphatic carbocycles. The summed E-state index contributed by atoms with van der Waals surface area (Å²) in [6.45, 7) is 6.51. The van der Waals surface area contributed by atoms with E-state index < -0.39 is 0 Å². The molecule has 2 aromatic rings. The van der Waals surface area contributed by atoms with Gasteiger partial charge in [0.15, 0.2) is 11.5 Å². The Morgan fingerprint density at radius 1 is 1.10 bits per heavy atom. The number of hydrogen-bond acceptors (Lipinski definition) is 4. The van der Waals surface area contributed by atoms with E-state index in [-0.39, 0.29) is 0 Å². The third-order valence-electron chi connectivity index (χ3n) is 2.90. The fourth-order valence-electron chi connectivity index (χ4n) is 1.96. The molecule has 4 nitrogen and oxygen atoms in total. The van der Waals surface area contributed by atoms with Gasteiger partial charge in [0, 0.05) is 12.7 Å². The molecule has 1 N–H and O–H groups in total. The third-order valence-corrected chi connectivity index (χ3v) is 2.90. The topological polar surface area (TPSA) is 43.4 Å². The minimum atomic E-state index is 0.611. The molecule has 0 bridgehead atoms. The summed E-state index contributed by atoms with van der Waals surface area (Å²) in [4.78, 5) is 4.23. The van der Waals surface area contributed by atoms with E-state index in [0.29, 0.717) is 12.4 Å². The zero-order valence-corrected chi connectivity index (χ0v) is 12.6. The number of nitrogens with one attached hydrogen (secondary N) is 1. The van der Waals surface area contributed by atoms with Crippen molar-refractivity contribution < 1.29 is 9.47 Å². The molecule has 0 aliphatic heterocycles. The zero-order chi connectivity index (χ0) is 14.9. The fraction of sp³-hybridized carbons (Fsp3) is 0.353. The first kappa shape index (κ1) is 15.3. The van der Waals surface area contributed by atoms with Crippen LogP contribution >= 0.6 is 0 Å². The van der Waals surface area contributed by atoms with Crippen molar-refractivity contribution in [1.82, 2.24) is 10.3 Å². The average molecular weight is 286 g/mol. The number of para-hydroxylation sites is 2. The Balaban J connectivity index is 2.07. The van der Waals surface area contributed by atoms with E-state index >= 15 is 0 Å². The lowest BCUT2D eigenvalue weighted by Crippen LogP contribution is -2.13. The third kappa shape index (κ3) is 4.76. The molecule has 0 spiro atoms. The first-order valence-corrected chi connectivity index (χ1v) is 7.37. The van der Waals surface area contributed by atoms with Crippen molar-refractivity contribution in [3.05, 3.63) is 48.3 Å². The van der Waals surface area contributed by atoms with Gasteiger partial charge in [-0.15, -0.1) is 0 Å². The summed E-state index contributed by atoms with van der Waals surface area (Å²) in [5.74, 6) is 2.17. The normalized spacial score (nSPS) is 10.4. The van der Waals surface area contributed by atoms with Crippen LogP contribution in [0.2, 0.25) is 0 Å². The maximum absolute atomic E-state index is 5.89. The lowest BCUT2D eigenvalue weighted by atomic mass is 10.2. The van der Waals surface area contributed by atoms with Gasteiger partial charge in [-0.2, -0.15) is 0 Å². The SMILES string of the molecule is CCCNCc1cncc(Oc2ccccc2OCC)c1. The quantitative estimate of drug-likeness (QED) is 0.750. The number of nitrogens with zero attached hydrogens (tertiary/aromatic N) is 1. The summed E-state index contributed by atoms with van der Waals surface area (Å²) in [5.41, 5.74) is 1.11. The van der Waals surface area contributed by atoms with Crippen LogP contribution in [-0.2, 0) is 6.54 Å². The molecule has 2 rings (SSSR count). The van der Waals surface area contributed by atoms with E-state index in [2.05, 4.69) is 17.2 Å². The van der Waals surface area contributed by atoms with Gasteiger partial charge >= 0.3 is 0 Å². The summed E-state index contributed by atoms with van der Waals surface area (Å²) in [7, 11) is 0. The van der Waals surface area contributed by atoms with E-state index in [1.54, 1.807) is 6.20 Å². The number of benzene rings is 1. The largest absolute Gasteiger partial charge is 0.490 e. The number of hydrogen-bond donors (Lipinski definition) is 1. The maximum atomic E-state index is 5.89. The van der Waals surface area contributed by atoms with Gasteiger partial charge < -0.3 is 14.8 Å². The minimum Gasteiger partial charge on any atom is -0.490 e. The Morgan fingerprint density at radius 3 is 2.67 bits per heavy atom. The highest BCUT2D eigenvalue weighted by Crippen LogP contribution is 2.31. The highest BCUT2D eigenvalue weighted by atomic mass is 16.5. The van der Waals surface area contributed by atoms with Gasteiger partial charge in [0.25, 0.3) is 0 Å². The molecule has 1 heterocycles. The molecule has 0 radical (unpaired) electrons. The van der Waals surface area contributed by atoms with Crippen molar-refractivity contribution in [2.24, 2.45) is 0 Å². The lowest BCUT2D eigenvalue weighted by Gasteiger charge is -2.11. The fourth-order valence-corrected chi connectivity index (χ4v) is 1.96. The molecule has 1 aromatic carbocycles. The van der Waals surface area contributed by atoms with Crippen molar-refractivity contribution >= 4 is 0 Å². The van der Waals surface area contributed by atoms with Crippen LogP contribution in [0.5, 0.6) is 17.2 Å². The molecule has 0 fully saturated rings. The maximum Gasteiger partial charge on any atom is 0.169 e. The molecule has 112 valence electrons. The standard InChI is InChI=1S/C17H22N2O2/c1-3-9-18-11-14-10-15(13-19-12-14)21-17-8-6-5-7-16(17)20-4-2/h5-8,10,12-13,18H,3-4,9,11H2,1-2H3. The Labute approximate surface area is 126 Å². The number of aromatic nitrogens is 1. The van der Waals surface area contributed by atoms with Crippen molar-refractivity contribution in [2.75, 3.05) is 13.2 Å². The second-order valence-electron chi connectivity index (χ2n) is 4.69. The van der Waals surface area contributed by atoms with Crippen LogP contribution in [-0.4, -0.2) is 18.1 Å². The zero-order valence-electron chi connectivity index (χ0n) is 12.6. The molecule has 1 aromatic heterocycles. The summed E-state index contributed by atoms with van der Waals surface area (Å²) in [6.07, 6.45) is 4.68.